The summed E-state index contributed by atoms with van der Waals surface area (Å²) in [6.07, 6.45) is -0.0617. The minimum atomic E-state index is -1.09. The van der Waals surface area contributed by atoms with Gasteiger partial charge in [-0.2, -0.15) is 0 Å². The summed E-state index contributed by atoms with van der Waals surface area (Å²) in [5, 5.41) is 12.6. The SMILES string of the molecule is CNc1ccc(Cl)cc1C(=O)Cc1cc(OC)ccc1C(=O)O. The fourth-order valence-corrected chi connectivity index (χ4v) is 2.46. The van der Waals surface area contributed by atoms with Crippen LogP contribution in [0.2, 0.25) is 5.02 Å². The first-order chi connectivity index (χ1) is 11.0. The van der Waals surface area contributed by atoms with Gasteiger partial charge in [-0.05, 0) is 42.0 Å². The maximum Gasteiger partial charge on any atom is 0.335 e. The number of methoxy groups -OCH3 is 1. The van der Waals surface area contributed by atoms with Crippen molar-refractivity contribution in [3.05, 3.63) is 58.1 Å². The monoisotopic (exact) mass is 333 g/mol. The quantitative estimate of drug-likeness (QED) is 0.791. The third-order valence-electron chi connectivity index (χ3n) is 3.45. The molecule has 6 heteroatoms. The van der Waals surface area contributed by atoms with Crippen LogP contribution in [0.3, 0.4) is 0 Å². The van der Waals surface area contributed by atoms with Crippen molar-refractivity contribution in [2.75, 3.05) is 19.5 Å². The van der Waals surface area contributed by atoms with E-state index in [2.05, 4.69) is 5.32 Å². The van der Waals surface area contributed by atoms with Crippen molar-refractivity contribution >= 4 is 29.0 Å². The molecule has 0 atom stereocenters. The summed E-state index contributed by atoms with van der Waals surface area (Å²) in [7, 11) is 3.19. The molecule has 0 spiro atoms. The van der Waals surface area contributed by atoms with Crippen molar-refractivity contribution in [2.45, 2.75) is 6.42 Å². The number of hydrogen-bond acceptors (Lipinski definition) is 4. The highest BCUT2D eigenvalue weighted by Gasteiger charge is 2.17. The average Bonchev–Trinajstić information content (AvgIpc) is 2.54. The smallest absolute Gasteiger partial charge is 0.335 e. The second-order valence-electron chi connectivity index (χ2n) is 4.87. The zero-order valence-corrected chi connectivity index (χ0v) is 13.5. The van der Waals surface area contributed by atoms with E-state index in [1.807, 2.05) is 0 Å². The van der Waals surface area contributed by atoms with Gasteiger partial charge in [0.05, 0.1) is 12.7 Å². The standard InChI is InChI=1S/C17H16ClNO4/c1-19-15-6-3-11(18)9-14(15)16(20)8-10-7-12(23-2)4-5-13(10)17(21)22/h3-7,9,19H,8H2,1-2H3,(H,21,22). The molecule has 0 aliphatic carbocycles. The maximum atomic E-state index is 12.6. The van der Waals surface area contributed by atoms with Crippen molar-refractivity contribution in [1.29, 1.82) is 0 Å². The molecule has 0 radical (unpaired) electrons. The fraction of sp³-hybridized carbons (Fsp3) is 0.176. The molecule has 0 amide bonds. The normalized spacial score (nSPS) is 10.2. The molecule has 0 fully saturated rings. The van der Waals surface area contributed by atoms with Gasteiger partial charge in [0.25, 0.3) is 0 Å². The topological polar surface area (TPSA) is 75.6 Å². The molecule has 2 aromatic rings. The van der Waals surface area contributed by atoms with E-state index in [-0.39, 0.29) is 17.8 Å². The van der Waals surface area contributed by atoms with Gasteiger partial charge in [0.15, 0.2) is 5.78 Å². The highest BCUT2D eigenvalue weighted by molar-refractivity contribution is 6.31. The molecule has 0 aliphatic heterocycles. The first kappa shape index (κ1) is 16.8. The number of rotatable bonds is 6. The van der Waals surface area contributed by atoms with Gasteiger partial charge in [-0.25, -0.2) is 4.79 Å². The predicted molar refractivity (Wildman–Crippen MR) is 89.0 cm³/mol. The van der Waals surface area contributed by atoms with Gasteiger partial charge in [0.2, 0.25) is 0 Å². The van der Waals surface area contributed by atoms with E-state index in [0.717, 1.165) is 0 Å². The number of carbonyl (C=O) groups is 2. The molecule has 0 bridgehead atoms. The molecular weight excluding hydrogens is 318 g/mol. The number of nitrogens with one attached hydrogen (secondary N) is 1. The number of carboxylic acids is 1. The maximum absolute atomic E-state index is 12.6. The van der Waals surface area contributed by atoms with Crippen LogP contribution >= 0.6 is 11.6 Å². The predicted octanol–water partition coefficient (Wildman–Crippen LogP) is 3.51. The molecule has 0 unspecified atom stereocenters. The van der Waals surface area contributed by atoms with Crippen LogP contribution < -0.4 is 10.1 Å². The summed E-state index contributed by atoms with van der Waals surface area (Å²) < 4.78 is 5.10. The largest absolute Gasteiger partial charge is 0.497 e. The molecule has 2 N–H and O–H groups in total. The van der Waals surface area contributed by atoms with Gasteiger partial charge in [0, 0.05) is 29.7 Å². The summed E-state index contributed by atoms with van der Waals surface area (Å²) in [5.74, 6) is -0.819. The van der Waals surface area contributed by atoms with E-state index in [9.17, 15) is 14.7 Å². The molecule has 0 heterocycles. The van der Waals surface area contributed by atoms with Crippen molar-refractivity contribution in [3.8, 4) is 5.75 Å². The lowest BCUT2D eigenvalue weighted by atomic mass is 9.97. The van der Waals surface area contributed by atoms with Crippen LogP contribution in [0.1, 0.15) is 26.3 Å². The number of carbonyl (C=O) groups excluding carboxylic acids is 1. The van der Waals surface area contributed by atoms with Crippen LogP contribution in [0.15, 0.2) is 36.4 Å². The molecule has 0 saturated heterocycles. The molecule has 23 heavy (non-hydrogen) atoms. The zero-order chi connectivity index (χ0) is 17.0. The second-order valence-corrected chi connectivity index (χ2v) is 5.30. The Bertz CT molecular complexity index is 758. The number of benzene rings is 2. The van der Waals surface area contributed by atoms with Crippen molar-refractivity contribution in [2.24, 2.45) is 0 Å². The number of anilines is 1. The van der Waals surface area contributed by atoms with Crippen molar-refractivity contribution in [3.63, 3.8) is 0 Å². The van der Waals surface area contributed by atoms with Gasteiger partial charge in [-0.15, -0.1) is 0 Å². The lowest BCUT2D eigenvalue weighted by Gasteiger charge is -2.11. The van der Waals surface area contributed by atoms with E-state index in [4.69, 9.17) is 16.3 Å². The summed E-state index contributed by atoms with van der Waals surface area (Å²) in [6.45, 7) is 0. The first-order valence-corrected chi connectivity index (χ1v) is 7.24. The number of aromatic carboxylic acids is 1. The number of halogens is 1. The average molecular weight is 334 g/mol. The Labute approximate surface area is 138 Å². The lowest BCUT2D eigenvalue weighted by molar-refractivity contribution is 0.0696. The Morgan fingerprint density at radius 2 is 1.91 bits per heavy atom. The van der Waals surface area contributed by atoms with Crippen LogP contribution in [0.4, 0.5) is 5.69 Å². The third kappa shape index (κ3) is 3.81. The Hall–Kier alpha value is -2.53. The van der Waals surface area contributed by atoms with E-state index in [1.165, 1.54) is 13.2 Å². The summed E-state index contributed by atoms with van der Waals surface area (Å²) >= 11 is 5.96. The Morgan fingerprint density at radius 1 is 1.17 bits per heavy atom. The van der Waals surface area contributed by atoms with E-state index in [1.54, 1.807) is 37.4 Å². The minimum absolute atomic E-state index is 0.0617. The lowest BCUT2D eigenvalue weighted by Crippen LogP contribution is -2.11. The summed E-state index contributed by atoms with van der Waals surface area (Å²) in [5.41, 5.74) is 1.52. The molecule has 120 valence electrons. The molecule has 0 saturated carbocycles. The number of carboxylic acid groups (broad SMARTS) is 1. The van der Waals surface area contributed by atoms with E-state index >= 15 is 0 Å². The van der Waals surface area contributed by atoms with Crippen LogP contribution in [0, 0.1) is 0 Å². The molecule has 2 rings (SSSR count). The van der Waals surface area contributed by atoms with Crippen LogP contribution in [0.25, 0.3) is 0 Å². The molecule has 2 aromatic carbocycles. The van der Waals surface area contributed by atoms with Gasteiger partial charge in [0.1, 0.15) is 5.75 Å². The fourth-order valence-electron chi connectivity index (χ4n) is 2.29. The summed E-state index contributed by atoms with van der Waals surface area (Å²) in [4.78, 5) is 23.9. The van der Waals surface area contributed by atoms with Crippen molar-refractivity contribution in [1.82, 2.24) is 0 Å². The van der Waals surface area contributed by atoms with Gasteiger partial charge in [-0.3, -0.25) is 4.79 Å². The second kappa shape index (κ2) is 7.15. The molecule has 5 nitrogen and oxygen atoms in total. The molecule has 0 aromatic heterocycles. The first-order valence-electron chi connectivity index (χ1n) is 6.87. The van der Waals surface area contributed by atoms with Gasteiger partial charge < -0.3 is 15.2 Å². The van der Waals surface area contributed by atoms with Crippen molar-refractivity contribution < 1.29 is 19.4 Å². The number of hydrogen-bond donors (Lipinski definition) is 2. The van der Waals surface area contributed by atoms with Crippen LogP contribution in [-0.4, -0.2) is 31.0 Å². The highest BCUT2D eigenvalue weighted by Crippen LogP contribution is 2.24. The number of ketones is 1. The minimum Gasteiger partial charge on any atom is -0.497 e. The summed E-state index contributed by atoms with van der Waals surface area (Å²) in [6, 6.07) is 9.50. The third-order valence-corrected chi connectivity index (χ3v) is 3.68. The molecule has 0 aliphatic rings. The Kier molecular flexibility index (Phi) is 5.24. The molecular formula is C17H16ClNO4. The van der Waals surface area contributed by atoms with E-state index < -0.39 is 5.97 Å². The van der Waals surface area contributed by atoms with E-state index in [0.29, 0.717) is 27.6 Å². The van der Waals surface area contributed by atoms with Gasteiger partial charge in [-0.1, -0.05) is 11.6 Å². The van der Waals surface area contributed by atoms with Crippen LogP contribution in [0.5, 0.6) is 5.75 Å². The Morgan fingerprint density at radius 3 is 2.52 bits per heavy atom. The zero-order valence-electron chi connectivity index (χ0n) is 12.7. The van der Waals surface area contributed by atoms with Crippen LogP contribution in [-0.2, 0) is 6.42 Å². The number of Topliss-reactive ketones (excluding diaryl/α,β-unsaturated/α-hetero) is 1. The van der Waals surface area contributed by atoms with Gasteiger partial charge >= 0.3 is 5.97 Å². The number of ether oxygens (including phenoxy) is 1. The Balaban J connectivity index is 2.40. The highest BCUT2D eigenvalue weighted by atomic mass is 35.5.